The molecule has 0 bridgehead atoms. The van der Waals surface area contributed by atoms with Crippen LogP contribution in [-0.4, -0.2) is 16.9 Å². The van der Waals surface area contributed by atoms with Gasteiger partial charge in [0.25, 0.3) is 0 Å². The molecule has 0 saturated carbocycles. The molecular weight excluding hydrogens is 358 g/mol. The van der Waals surface area contributed by atoms with E-state index in [4.69, 9.17) is 26.7 Å². The summed E-state index contributed by atoms with van der Waals surface area (Å²) in [6, 6.07) is 19.4. The van der Waals surface area contributed by atoms with E-state index in [1.807, 2.05) is 36.4 Å². The van der Waals surface area contributed by atoms with Gasteiger partial charge >= 0.3 is 0 Å². The molecule has 0 fully saturated rings. The smallest absolute Gasteiger partial charge is 0.216 e. The standard InChI is InChI=1S/C22H22ClN3O/c1-15(18-5-4-6-19(23)12-18)11-16(2)21-13-22(27-3)26(25-21)20-9-7-17(14-24)8-10-20/h4-10,12-13,15-16H,11H2,1-3H3/t15-,16?/m0/s1. The quantitative estimate of drug-likeness (QED) is 0.551. The molecule has 0 aliphatic carbocycles. The molecule has 1 aromatic heterocycles. The number of rotatable bonds is 6. The fourth-order valence-corrected chi connectivity index (χ4v) is 3.43. The van der Waals surface area contributed by atoms with E-state index in [2.05, 4.69) is 26.0 Å². The molecule has 0 aliphatic rings. The molecule has 0 N–H and O–H groups in total. The average molecular weight is 380 g/mol. The lowest BCUT2D eigenvalue weighted by Crippen LogP contribution is -2.04. The van der Waals surface area contributed by atoms with Crippen molar-refractivity contribution in [1.29, 1.82) is 5.26 Å². The van der Waals surface area contributed by atoms with Crippen molar-refractivity contribution in [3.05, 3.63) is 76.4 Å². The van der Waals surface area contributed by atoms with Crippen LogP contribution in [0.3, 0.4) is 0 Å². The number of aromatic nitrogens is 2. The van der Waals surface area contributed by atoms with E-state index in [0.29, 0.717) is 17.4 Å². The Hall–Kier alpha value is -2.77. The monoisotopic (exact) mass is 379 g/mol. The first kappa shape index (κ1) is 19.0. The van der Waals surface area contributed by atoms with Gasteiger partial charge in [0, 0.05) is 17.0 Å². The lowest BCUT2D eigenvalue weighted by Gasteiger charge is -2.16. The van der Waals surface area contributed by atoms with Crippen molar-refractivity contribution in [3.8, 4) is 17.6 Å². The molecule has 0 amide bonds. The SMILES string of the molecule is COc1cc(C(C)C[C@H](C)c2cccc(Cl)c2)nn1-c1ccc(C#N)cc1. The van der Waals surface area contributed by atoms with Gasteiger partial charge in [-0.05, 0) is 54.3 Å². The van der Waals surface area contributed by atoms with Crippen molar-refractivity contribution < 1.29 is 4.74 Å². The third-order valence-electron chi connectivity index (χ3n) is 4.78. The Bertz CT molecular complexity index is 956. The molecule has 2 aromatic carbocycles. The molecule has 1 unspecified atom stereocenters. The van der Waals surface area contributed by atoms with Crippen molar-refractivity contribution in [1.82, 2.24) is 9.78 Å². The summed E-state index contributed by atoms with van der Waals surface area (Å²) in [5, 5.41) is 14.5. The molecule has 0 saturated heterocycles. The van der Waals surface area contributed by atoms with Crippen LogP contribution in [-0.2, 0) is 0 Å². The third kappa shape index (κ3) is 4.32. The van der Waals surface area contributed by atoms with E-state index in [-0.39, 0.29) is 5.92 Å². The number of benzene rings is 2. The zero-order valence-corrected chi connectivity index (χ0v) is 16.4. The molecule has 0 radical (unpaired) electrons. The van der Waals surface area contributed by atoms with Crippen LogP contribution in [0.4, 0.5) is 0 Å². The zero-order valence-electron chi connectivity index (χ0n) is 15.7. The van der Waals surface area contributed by atoms with Gasteiger partial charge in [0.1, 0.15) is 0 Å². The Labute approximate surface area is 165 Å². The number of nitriles is 1. The fourth-order valence-electron chi connectivity index (χ4n) is 3.23. The van der Waals surface area contributed by atoms with Gasteiger partial charge in [-0.25, -0.2) is 4.68 Å². The summed E-state index contributed by atoms with van der Waals surface area (Å²) in [7, 11) is 1.64. The van der Waals surface area contributed by atoms with Crippen LogP contribution in [0.5, 0.6) is 5.88 Å². The second-order valence-corrected chi connectivity index (χ2v) is 7.21. The van der Waals surface area contributed by atoms with Crippen LogP contribution in [0, 0.1) is 11.3 Å². The second-order valence-electron chi connectivity index (χ2n) is 6.77. The molecule has 138 valence electrons. The molecule has 0 spiro atoms. The maximum atomic E-state index is 8.97. The molecule has 3 rings (SSSR count). The van der Waals surface area contributed by atoms with Gasteiger partial charge < -0.3 is 4.74 Å². The lowest BCUT2D eigenvalue weighted by atomic mass is 9.89. The van der Waals surface area contributed by atoms with E-state index >= 15 is 0 Å². The Morgan fingerprint density at radius 1 is 1.11 bits per heavy atom. The summed E-state index contributed by atoms with van der Waals surface area (Å²) < 4.78 is 7.29. The number of methoxy groups -OCH3 is 1. The van der Waals surface area contributed by atoms with Gasteiger partial charge in [-0.2, -0.15) is 10.4 Å². The van der Waals surface area contributed by atoms with E-state index in [1.165, 1.54) is 5.56 Å². The first-order valence-corrected chi connectivity index (χ1v) is 9.29. The predicted octanol–water partition coefficient (Wildman–Crippen LogP) is 5.70. The molecule has 0 aliphatic heterocycles. The van der Waals surface area contributed by atoms with Crippen LogP contribution in [0.1, 0.15) is 48.9 Å². The second kappa shape index (κ2) is 8.28. The topological polar surface area (TPSA) is 50.8 Å². The third-order valence-corrected chi connectivity index (χ3v) is 5.01. The van der Waals surface area contributed by atoms with Gasteiger partial charge in [-0.1, -0.05) is 37.6 Å². The van der Waals surface area contributed by atoms with E-state index in [0.717, 1.165) is 22.8 Å². The predicted molar refractivity (Wildman–Crippen MR) is 108 cm³/mol. The Kier molecular flexibility index (Phi) is 5.83. The molecule has 2 atom stereocenters. The molecular formula is C22H22ClN3O. The highest BCUT2D eigenvalue weighted by molar-refractivity contribution is 6.30. The molecule has 1 heterocycles. The maximum Gasteiger partial charge on any atom is 0.216 e. The zero-order chi connectivity index (χ0) is 19.4. The molecule has 27 heavy (non-hydrogen) atoms. The summed E-state index contributed by atoms with van der Waals surface area (Å²) in [6.45, 7) is 4.38. The van der Waals surface area contributed by atoms with Crippen LogP contribution >= 0.6 is 11.6 Å². The number of nitrogens with zero attached hydrogens (tertiary/aromatic N) is 3. The Morgan fingerprint density at radius 2 is 1.85 bits per heavy atom. The van der Waals surface area contributed by atoms with Crippen LogP contribution < -0.4 is 4.74 Å². The normalized spacial score (nSPS) is 13.0. The largest absolute Gasteiger partial charge is 0.481 e. The first-order chi connectivity index (χ1) is 13.0. The first-order valence-electron chi connectivity index (χ1n) is 8.91. The summed E-state index contributed by atoms with van der Waals surface area (Å²) in [5.74, 6) is 1.30. The Balaban J connectivity index is 1.82. The molecule has 5 heteroatoms. The minimum atomic E-state index is 0.257. The van der Waals surface area contributed by atoms with E-state index in [1.54, 1.807) is 23.9 Å². The van der Waals surface area contributed by atoms with Crippen molar-refractivity contribution in [2.24, 2.45) is 0 Å². The van der Waals surface area contributed by atoms with Gasteiger partial charge in [0.05, 0.1) is 30.1 Å². The lowest BCUT2D eigenvalue weighted by molar-refractivity contribution is 0.383. The minimum Gasteiger partial charge on any atom is -0.481 e. The van der Waals surface area contributed by atoms with Crippen molar-refractivity contribution in [3.63, 3.8) is 0 Å². The summed E-state index contributed by atoms with van der Waals surface area (Å²) >= 11 is 6.12. The molecule has 3 aromatic rings. The average Bonchev–Trinajstić information content (AvgIpc) is 3.12. The van der Waals surface area contributed by atoms with Crippen LogP contribution in [0.2, 0.25) is 5.02 Å². The summed E-state index contributed by atoms with van der Waals surface area (Å²) in [6.07, 6.45) is 0.952. The highest BCUT2D eigenvalue weighted by Crippen LogP contribution is 2.32. The van der Waals surface area contributed by atoms with Crippen molar-refractivity contribution in [2.45, 2.75) is 32.1 Å². The van der Waals surface area contributed by atoms with Crippen LogP contribution in [0.15, 0.2) is 54.6 Å². The summed E-state index contributed by atoms with van der Waals surface area (Å²) in [4.78, 5) is 0. The highest BCUT2D eigenvalue weighted by atomic mass is 35.5. The fraction of sp³-hybridized carbons (Fsp3) is 0.273. The maximum absolute atomic E-state index is 8.97. The molecule has 4 nitrogen and oxygen atoms in total. The number of hydrogen-bond acceptors (Lipinski definition) is 3. The van der Waals surface area contributed by atoms with Gasteiger partial charge in [-0.3, -0.25) is 0 Å². The van der Waals surface area contributed by atoms with Crippen molar-refractivity contribution in [2.75, 3.05) is 7.11 Å². The van der Waals surface area contributed by atoms with Crippen LogP contribution in [0.25, 0.3) is 5.69 Å². The van der Waals surface area contributed by atoms with E-state index in [9.17, 15) is 0 Å². The van der Waals surface area contributed by atoms with Crippen molar-refractivity contribution >= 4 is 11.6 Å². The van der Waals surface area contributed by atoms with E-state index < -0.39 is 0 Å². The summed E-state index contributed by atoms with van der Waals surface area (Å²) in [5.41, 5.74) is 3.69. The highest BCUT2D eigenvalue weighted by Gasteiger charge is 2.18. The van der Waals surface area contributed by atoms with Gasteiger partial charge in [-0.15, -0.1) is 0 Å². The number of ether oxygens (including phenoxy) is 1. The number of halogens is 1. The van der Waals surface area contributed by atoms with Gasteiger partial charge in [0.15, 0.2) is 0 Å². The Morgan fingerprint density at radius 3 is 2.48 bits per heavy atom. The number of hydrogen-bond donors (Lipinski definition) is 0. The minimum absolute atomic E-state index is 0.257. The van der Waals surface area contributed by atoms with Gasteiger partial charge in [0.2, 0.25) is 5.88 Å².